The van der Waals surface area contributed by atoms with E-state index in [1.165, 1.54) is 18.2 Å². The molecule has 3 rings (SSSR count). The van der Waals surface area contributed by atoms with Crippen molar-refractivity contribution in [2.45, 2.75) is 32.8 Å². The van der Waals surface area contributed by atoms with Crippen LogP contribution in [0.15, 0.2) is 41.3 Å². The summed E-state index contributed by atoms with van der Waals surface area (Å²) in [6, 6.07) is 7.78. The molecule has 138 valence electrons. The van der Waals surface area contributed by atoms with E-state index in [-0.39, 0.29) is 12.5 Å². The van der Waals surface area contributed by atoms with E-state index in [2.05, 4.69) is 10.3 Å². The number of anilines is 1. The molecule has 2 heterocycles. The van der Waals surface area contributed by atoms with Gasteiger partial charge >= 0.3 is 6.09 Å². The van der Waals surface area contributed by atoms with Crippen LogP contribution in [0.4, 0.5) is 10.5 Å². The van der Waals surface area contributed by atoms with Gasteiger partial charge in [0.05, 0.1) is 6.20 Å². The molecule has 2 aromatic rings. The molecule has 1 aliphatic heterocycles. The van der Waals surface area contributed by atoms with Crippen molar-refractivity contribution in [3.63, 3.8) is 0 Å². The zero-order valence-electron chi connectivity index (χ0n) is 14.8. The van der Waals surface area contributed by atoms with Crippen LogP contribution in [0.5, 0.6) is 0 Å². The number of rotatable bonds is 5. The normalized spacial score (nSPS) is 14.9. The fourth-order valence-corrected chi connectivity index (χ4v) is 3.11. The number of nitrogens with zero attached hydrogens (tertiary/aromatic N) is 2. The number of amides is 2. The minimum absolute atomic E-state index is 0.0445. The highest BCUT2D eigenvalue weighted by atomic mass is 16.6. The molecule has 0 radical (unpaired) electrons. The molecular weight excluding hydrogens is 334 g/mol. The van der Waals surface area contributed by atoms with E-state index >= 15 is 0 Å². The number of piperidine rings is 1. The van der Waals surface area contributed by atoms with E-state index in [0.717, 1.165) is 32.4 Å². The number of benzene rings is 1. The lowest BCUT2D eigenvalue weighted by atomic mass is 9.90. The lowest BCUT2D eigenvalue weighted by molar-refractivity contribution is -0.130. The quantitative estimate of drug-likeness (QED) is 0.888. The number of likely N-dealkylation sites (tertiary alicyclic amines) is 1. The van der Waals surface area contributed by atoms with Gasteiger partial charge in [-0.1, -0.05) is 12.1 Å². The number of hydrogen-bond acceptors (Lipinski definition) is 5. The topological polar surface area (TPSA) is 84.7 Å². The first-order valence-corrected chi connectivity index (χ1v) is 8.76. The van der Waals surface area contributed by atoms with Gasteiger partial charge < -0.3 is 14.1 Å². The summed E-state index contributed by atoms with van der Waals surface area (Å²) in [6.07, 6.45) is 5.32. The number of aromatic nitrogens is 1. The first-order chi connectivity index (χ1) is 12.6. The summed E-state index contributed by atoms with van der Waals surface area (Å²) >= 11 is 0. The minimum Gasteiger partial charge on any atom is -0.445 e. The number of carbonyl (C=O) groups is 2. The van der Waals surface area contributed by atoms with Crippen molar-refractivity contribution in [1.29, 1.82) is 0 Å². The number of carbonyl (C=O) groups excluding carboxylic acids is 2. The van der Waals surface area contributed by atoms with Gasteiger partial charge in [-0.2, -0.15) is 0 Å². The fraction of sp³-hybridized carbons (Fsp3) is 0.421. The summed E-state index contributed by atoms with van der Waals surface area (Å²) in [6.45, 7) is 3.36. The molecule has 1 N–H and O–H groups in total. The lowest BCUT2D eigenvalue weighted by Crippen LogP contribution is -2.37. The third kappa shape index (κ3) is 5.08. The Balaban J connectivity index is 1.43. The van der Waals surface area contributed by atoms with Crippen LogP contribution in [-0.4, -0.2) is 35.0 Å². The Morgan fingerprint density at radius 3 is 2.62 bits per heavy atom. The highest BCUT2D eigenvalue weighted by Gasteiger charge is 2.20. The van der Waals surface area contributed by atoms with Crippen LogP contribution in [0.25, 0.3) is 0 Å². The van der Waals surface area contributed by atoms with E-state index in [9.17, 15) is 9.59 Å². The summed E-state index contributed by atoms with van der Waals surface area (Å²) in [5.41, 5.74) is 1.91. The van der Waals surface area contributed by atoms with Crippen LogP contribution in [0.1, 0.15) is 31.1 Å². The third-order valence-electron chi connectivity index (χ3n) is 4.61. The average Bonchev–Trinajstić information content (AvgIpc) is 3.16. The van der Waals surface area contributed by atoms with E-state index < -0.39 is 6.09 Å². The van der Waals surface area contributed by atoms with Crippen LogP contribution in [0.2, 0.25) is 0 Å². The SMILES string of the molecule is CC(=O)N1CCC(Cc2ccc(NC(=O)OCc3cnco3)cc2)CC1. The first-order valence-electron chi connectivity index (χ1n) is 8.76. The van der Waals surface area contributed by atoms with Crippen LogP contribution in [0, 0.1) is 5.92 Å². The molecule has 26 heavy (non-hydrogen) atoms. The van der Waals surface area contributed by atoms with Gasteiger partial charge in [0.15, 0.2) is 18.8 Å². The van der Waals surface area contributed by atoms with Crippen molar-refractivity contribution in [3.05, 3.63) is 48.2 Å². The van der Waals surface area contributed by atoms with E-state index in [0.29, 0.717) is 17.4 Å². The number of ether oxygens (including phenoxy) is 1. The molecule has 0 atom stereocenters. The Kier molecular flexibility index (Phi) is 5.88. The van der Waals surface area contributed by atoms with Gasteiger partial charge in [0, 0.05) is 25.7 Å². The second kappa shape index (κ2) is 8.51. The first kappa shape index (κ1) is 18.0. The van der Waals surface area contributed by atoms with Gasteiger partial charge in [0.25, 0.3) is 0 Å². The molecule has 1 aliphatic rings. The third-order valence-corrected chi connectivity index (χ3v) is 4.61. The fourth-order valence-electron chi connectivity index (χ4n) is 3.11. The molecule has 1 saturated heterocycles. The van der Waals surface area contributed by atoms with Gasteiger partial charge in [-0.25, -0.2) is 9.78 Å². The summed E-state index contributed by atoms with van der Waals surface area (Å²) in [7, 11) is 0. The molecule has 1 aromatic heterocycles. The average molecular weight is 357 g/mol. The Labute approximate surface area is 152 Å². The Morgan fingerprint density at radius 1 is 1.27 bits per heavy atom. The van der Waals surface area contributed by atoms with Crippen LogP contribution < -0.4 is 5.32 Å². The highest BCUT2D eigenvalue weighted by molar-refractivity contribution is 5.84. The Bertz CT molecular complexity index is 720. The van der Waals surface area contributed by atoms with Crippen molar-refractivity contribution in [3.8, 4) is 0 Å². The van der Waals surface area contributed by atoms with Crippen LogP contribution in [-0.2, 0) is 22.6 Å². The van der Waals surface area contributed by atoms with Gasteiger partial charge in [-0.15, -0.1) is 0 Å². The molecule has 1 aromatic carbocycles. The second-order valence-electron chi connectivity index (χ2n) is 6.52. The van der Waals surface area contributed by atoms with Crippen LogP contribution >= 0.6 is 0 Å². The number of nitrogens with one attached hydrogen (secondary N) is 1. The molecule has 7 nitrogen and oxygen atoms in total. The minimum atomic E-state index is -0.536. The zero-order valence-corrected chi connectivity index (χ0v) is 14.8. The molecule has 2 amide bonds. The van der Waals surface area contributed by atoms with Crippen molar-refractivity contribution >= 4 is 17.7 Å². The van der Waals surface area contributed by atoms with E-state index in [1.807, 2.05) is 29.2 Å². The van der Waals surface area contributed by atoms with Gasteiger partial charge in [0.1, 0.15) is 0 Å². The summed E-state index contributed by atoms with van der Waals surface area (Å²) < 4.78 is 10.1. The second-order valence-corrected chi connectivity index (χ2v) is 6.52. The number of hydrogen-bond donors (Lipinski definition) is 1. The molecule has 0 spiro atoms. The maximum atomic E-state index is 11.8. The largest absolute Gasteiger partial charge is 0.445 e. The maximum absolute atomic E-state index is 11.8. The molecule has 0 aliphatic carbocycles. The number of oxazole rings is 1. The standard InChI is InChI=1S/C19H23N3O4/c1-14(23)22-8-6-16(7-9-22)10-15-2-4-17(5-3-15)21-19(24)25-12-18-11-20-13-26-18/h2-5,11,13,16H,6-10,12H2,1H3,(H,21,24). The molecule has 0 bridgehead atoms. The Hall–Kier alpha value is -2.83. The predicted octanol–water partition coefficient (Wildman–Crippen LogP) is 3.22. The highest BCUT2D eigenvalue weighted by Crippen LogP contribution is 2.22. The lowest BCUT2D eigenvalue weighted by Gasteiger charge is -2.31. The van der Waals surface area contributed by atoms with Crippen LogP contribution in [0.3, 0.4) is 0 Å². The van der Waals surface area contributed by atoms with Crippen molar-refractivity contribution in [2.75, 3.05) is 18.4 Å². The van der Waals surface area contributed by atoms with Gasteiger partial charge in [0.2, 0.25) is 5.91 Å². The summed E-state index contributed by atoms with van der Waals surface area (Å²) in [5, 5.41) is 2.69. The molecule has 7 heteroatoms. The van der Waals surface area contributed by atoms with Gasteiger partial charge in [-0.3, -0.25) is 10.1 Å². The van der Waals surface area contributed by atoms with E-state index in [1.54, 1.807) is 6.92 Å². The zero-order chi connectivity index (χ0) is 18.4. The smallest absolute Gasteiger partial charge is 0.412 e. The summed E-state index contributed by atoms with van der Waals surface area (Å²) in [5.74, 6) is 1.25. The molecular formula is C19H23N3O4. The summed E-state index contributed by atoms with van der Waals surface area (Å²) in [4.78, 5) is 28.8. The van der Waals surface area contributed by atoms with Crippen molar-refractivity contribution < 1.29 is 18.7 Å². The van der Waals surface area contributed by atoms with Gasteiger partial charge in [-0.05, 0) is 42.9 Å². The predicted molar refractivity (Wildman–Crippen MR) is 95.4 cm³/mol. The Morgan fingerprint density at radius 2 is 2.00 bits per heavy atom. The molecule has 0 unspecified atom stereocenters. The molecule has 0 saturated carbocycles. The molecule has 1 fully saturated rings. The van der Waals surface area contributed by atoms with Crippen molar-refractivity contribution in [2.24, 2.45) is 5.92 Å². The maximum Gasteiger partial charge on any atom is 0.412 e. The monoisotopic (exact) mass is 357 g/mol. The van der Waals surface area contributed by atoms with Crippen molar-refractivity contribution in [1.82, 2.24) is 9.88 Å². The van der Waals surface area contributed by atoms with E-state index in [4.69, 9.17) is 9.15 Å².